The Hall–Kier alpha value is -4.48. The highest BCUT2D eigenvalue weighted by atomic mass is 16.5. The lowest BCUT2D eigenvalue weighted by molar-refractivity contribution is -0.149. The molecule has 0 amide bonds. The fourth-order valence-corrected chi connectivity index (χ4v) is 1.20. The summed E-state index contributed by atoms with van der Waals surface area (Å²) in [6, 6.07) is -0.917. The first kappa shape index (κ1) is 52.2. The molecule has 1 atom stereocenters. The Balaban J connectivity index is -0.0000000995. The third-order valence-electron chi connectivity index (χ3n) is 2.98. The highest BCUT2D eigenvalue weighted by molar-refractivity contribution is 5.88. The minimum atomic E-state index is -1.31. The quantitative estimate of drug-likeness (QED) is 0.0679. The van der Waals surface area contributed by atoms with Gasteiger partial charge in [0.1, 0.15) is 25.7 Å². The monoisotopic (exact) mass is 654 g/mol. The van der Waals surface area contributed by atoms with Gasteiger partial charge >= 0.3 is 47.8 Å². The van der Waals surface area contributed by atoms with E-state index < -0.39 is 73.4 Å². The maximum atomic E-state index is 9.85. The highest BCUT2D eigenvalue weighted by Gasteiger charge is 2.08. The van der Waals surface area contributed by atoms with E-state index in [1.54, 1.807) is 0 Å². The summed E-state index contributed by atoms with van der Waals surface area (Å²) in [5, 5.41) is 87.1. The van der Waals surface area contributed by atoms with Crippen LogP contribution in [0.3, 0.4) is 0 Å². The number of hydrogen-bond donors (Lipinski definition) is 13. The molecule has 22 heteroatoms. The predicted octanol–water partition coefficient (Wildman–Crippen LogP) is -3.39. The molecule has 0 aliphatic heterocycles. The molecule has 22 nitrogen and oxygen atoms in total. The third-order valence-corrected chi connectivity index (χ3v) is 2.98. The molecule has 0 aliphatic rings. The molecule has 0 bridgehead atoms. The van der Waals surface area contributed by atoms with E-state index in [4.69, 9.17) is 67.6 Å². The van der Waals surface area contributed by atoms with E-state index in [-0.39, 0.29) is 51.9 Å². The second kappa shape index (κ2) is 40.7. The van der Waals surface area contributed by atoms with Gasteiger partial charge in [0.2, 0.25) is 0 Å². The second-order valence-electron chi connectivity index (χ2n) is 7.08. The minimum absolute atomic E-state index is 0.0632. The van der Waals surface area contributed by atoms with E-state index >= 15 is 0 Å². The van der Waals surface area contributed by atoms with E-state index in [9.17, 15) is 38.4 Å². The van der Waals surface area contributed by atoms with Crippen molar-refractivity contribution < 1.29 is 99.3 Å². The summed E-state index contributed by atoms with van der Waals surface area (Å²) in [7, 11) is 0. The largest absolute Gasteiger partial charge is 0.481 e. The van der Waals surface area contributed by atoms with Crippen LogP contribution in [0.1, 0.15) is 44.9 Å². The third kappa shape index (κ3) is 90.5. The lowest BCUT2D eigenvalue weighted by Crippen LogP contribution is -2.30. The van der Waals surface area contributed by atoms with Crippen LogP contribution in [0.4, 0.5) is 0 Å². The van der Waals surface area contributed by atoms with Gasteiger partial charge in [-0.25, -0.2) is 9.59 Å². The molecule has 0 radical (unpaired) electrons. The smallest absolute Gasteiger partial charge is 0.329 e. The summed E-state index contributed by atoms with van der Waals surface area (Å²) in [4.78, 5) is 77.1. The maximum Gasteiger partial charge on any atom is 0.329 e. The van der Waals surface area contributed by atoms with E-state index in [1.165, 1.54) is 0 Å². The summed E-state index contributed by atoms with van der Waals surface area (Å²) in [6.45, 7) is -0.756. The summed E-state index contributed by atoms with van der Waals surface area (Å²) in [6.07, 6.45) is -0.0292. The van der Waals surface area contributed by atoms with Crippen molar-refractivity contribution in [3.8, 4) is 0 Å². The molecule has 1 unspecified atom stereocenters. The fraction of sp³-hybridized carbons (Fsp3) is 0.636. The van der Waals surface area contributed by atoms with Crippen LogP contribution in [0.5, 0.6) is 0 Å². The Kier molecular flexibility index (Phi) is 48.2. The molecule has 0 saturated carbocycles. The number of ether oxygens (including phenoxy) is 1. The SMILES string of the molecule is NC(CCO)C(=O)O.NCCCO.O=C(O)CC(=O)O.O=C(O)CCCC(=O)O.O=C(O)CCO.O=C(O)COCC(=O)O. The van der Waals surface area contributed by atoms with Crippen LogP contribution >= 0.6 is 0 Å². The molecular weight excluding hydrogens is 612 g/mol. The number of aliphatic hydroxyl groups is 3. The summed E-state index contributed by atoms with van der Waals surface area (Å²) in [5.41, 5.74) is 9.95. The average Bonchev–Trinajstić information content (AvgIpc) is 2.85. The van der Waals surface area contributed by atoms with Crippen molar-refractivity contribution in [1.82, 2.24) is 0 Å². The van der Waals surface area contributed by atoms with Crippen LogP contribution in [0.25, 0.3) is 0 Å². The molecule has 0 aromatic carbocycles. The van der Waals surface area contributed by atoms with Gasteiger partial charge in [0.05, 0.1) is 13.0 Å². The van der Waals surface area contributed by atoms with Crippen molar-refractivity contribution in [3.63, 3.8) is 0 Å². The maximum absolute atomic E-state index is 9.85. The van der Waals surface area contributed by atoms with Crippen LogP contribution in [-0.4, -0.2) is 150 Å². The Morgan fingerprint density at radius 2 is 0.909 bits per heavy atom. The molecule has 0 spiro atoms. The number of carboxylic acids is 8. The highest BCUT2D eigenvalue weighted by Crippen LogP contribution is 1.93. The molecule has 0 fully saturated rings. The lowest BCUT2D eigenvalue weighted by atomic mass is 10.2. The lowest BCUT2D eigenvalue weighted by Gasteiger charge is -2.00. The van der Waals surface area contributed by atoms with Gasteiger partial charge in [-0.3, -0.25) is 28.8 Å². The number of nitrogens with two attached hydrogens (primary N) is 2. The van der Waals surface area contributed by atoms with Crippen molar-refractivity contribution in [2.24, 2.45) is 11.5 Å². The Morgan fingerprint density at radius 1 is 0.523 bits per heavy atom. The van der Waals surface area contributed by atoms with Gasteiger partial charge < -0.3 is 72.4 Å². The first-order valence-electron chi connectivity index (χ1n) is 11.9. The summed E-state index contributed by atoms with van der Waals surface area (Å²) in [5.74, 6) is -8.89. The number of carbonyl (C=O) groups is 8. The van der Waals surface area contributed by atoms with E-state index in [1.807, 2.05) is 0 Å². The number of hydrogen-bond acceptors (Lipinski definition) is 14. The molecule has 0 aromatic heterocycles. The molecule has 0 heterocycles. The zero-order valence-electron chi connectivity index (χ0n) is 23.5. The topological polar surface area (TPSA) is 420 Å². The van der Waals surface area contributed by atoms with Gasteiger partial charge in [0.15, 0.2) is 0 Å². The molecule has 44 heavy (non-hydrogen) atoms. The average molecular weight is 655 g/mol. The number of aliphatic carboxylic acids is 8. The van der Waals surface area contributed by atoms with Gasteiger partial charge in [0, 0.05) is 26.1 Å². The van der Waals surface area contributed by atoms with Crippen molar-refractivity contribution in [1.29, 1.82) is 0 Å². The van der Waals surface area contributed by atoms with Crippen molar-refractivity contribution in [2.75, 3.05) is 39.6 Å². The Labute approximate surface area is 249 Å². The predicted molar refractivity (Wildman–Crippen MR) is 143 cm³/mol. The minimum Gasteiger partial charge on any atom is -0.481 e. The van der Waals surface area contributed by atoms with Crippen LogP contribution in [0.2, 0.25) is 0 Å². The molecular formula is C22H42N2O20. The number of carboxylic acid groups (broad SMARTS) is 8. The van der Waals surface area contributed by atoms with Gasteiger partial charge in [-0.2, -0.15) is 0 Å². The zero-order chi connectivity index (χ0) is 36.1. The van der Waals surface area contributed by atoms with Gasteiger partial charge in [-0.05, 0) is 25.8 Å². The van der Waals surface area contributed by atoms with Gasteiger partial charge in [-0.15, -0.1) is 0 Å². The van der Waals surface area contributed by atoms with E-state index in [0.29, 0.717) is 6.54 Å². The normalized spacial score (nSPS) is 9.39. The molecule has 0 aliphatic carbocycles. The molecule has 0 saturated heterocycles. The first-order chi connectivity index (χ1) is 20.2. The van der Waals surface area contributed by atoms with E-state index in [0.717, 1.165) is 6.42 Å². The molecule has 0 aromatic rings. The van der Waals surface area contributed by atoms with Crippen LogP contribution in [0.15, 0.2) is 0 Å². The van der Waals surface area contributed by atoms with Crippen LogP contribution < -0.4 is 11.5 Å². The molecule has 15 N–H and O–H groups in total. The van der Waals surface area contributed by atoms with Gasteiger partial charge in [0.25, 0.3) is 0 Å². The fourth-order valence-electron chi connectivity index (χ4n) is 1.20. The van der Waals surface area contributed by atoms with E-state index in [2.05, 4.69) is 4.74 Å². The summed E-state index contributed by atoms with van der Waals surface area (Å²) < 4.78 is 4.16. The first-order valence-corrected chi connectivity index (χ1v) is 11.9. The molecule has 0 rings (SSSR count). The van der Waals surface area contributed by atoms with Gasteiger partial charge in [-0.1, -0.05) is 0 Å². The summed E-state index contributed by atoms with van der Waals surface area (Å²) >= 11 is 0. The Morgan fingerprint density at radius 3 is 1.02 bits per heavy atom. The van der Waals surface area contributed by atoms with Crippen molar-refractivity contribution in [2.45, 2.75) is 51.0 Å². The number of aliphatic hydroxyl groups excluding tert-OH is 3. The molecule has 260 valence electrons. The Bertz CT molecular complexity index is 733. The van der Waals surface area contributed by atoms with Crippen LogP contribution in [-0.2, 0) is 43.1 Å². The van der Waals surface area contributed by atoms with Crippen molar-refractivity contribution in [3.05, 3.63) is 0 Å². The standard InChI is InChI=1S/C5H8O4.C4H9NO3.C4H6O5.C3H9NO.C3H4O4.C3H6O3/c6-4(7)2-1-3-5(8)9;5-3(1-2-6)4(7)8;5-3(6)1-9-2-4(7)8;4-2-1-3-5;4-2(5)1-3(6)7;4-2-1-3(5)6/h1-3H2,(H,6,7)(H,8,9);3,6H,1-2,5H2,(H,7,8);1-2H2,(H,5,6)(H,7,8);5H,1-4H2;1H2,(H,4,5)(H,6,7);4H,1-2H2,(H,5,6). The van der Waals surface area contributed by atoms with Crippen molar-refractivity contribution >= 4 is 47.8 Å². The zero-order valence-corrected chi connectivity index (χ0v) is 23.5. The van der Waals surface area contributed by atoms with Crippen LogP contribution in [0, 0.1) is 0 Å². The second-order valence-corrected chi connectivity index (χ2v) is 7.08. The number of rotatable bonds is 17.